The Hall–Kier alpha value is -2.90. The molecule has 1 unspecified atom stereocenters. The number of hydrogen-bond donors (Lipinski definition) is 1. The molecule has 0 bridgehead atoms. The smallest absolute Gasteiger partial charge is 0.321 e. The Labute approximate surface area is 150 Å². The number of nitrogens with zero attached hydrogens (tertiary/aromatic N) is 4. The zero-order valence-electron chi connectivity index (χ0n) is 14.5. The monoisotopic (exact) mass is 357 g/mol. The first-order chi connectivity index (χ1) is 12.5. The molecular formula is C18H20FN5O2. The lowest BCUT2D eigenvalue weighted by Gasteiger charge is -2.37. The molecule has 1 N–H and O–H groups in total. The molecule has 136 valence electrons. The van der Waals surface area contributed by atoms with Crippen LogP contribution in [0.4, 0.5) is 14.9 Å². The van der Waals surface area contributed by atoms with E-state index in [0.717, 1.165) is 12.0 Å². The number of rotatable bonds is 2. The van der Waals surface area contributed by atoms with Crippen LogP contribution in [-0.2, 0) is 4.79 Å². The van der Waals surface area contributed by atoms with Gasteiger partial charge < -0.3 is 15.1 Å². The molecule has 26 heavy (non-hydrogen) atoms. The van der Waals surface area contributed by atoms with Crippen LogP contribution >= 0.6 is 0 Å². The average molecular weight is 357 g/mol. The zero-order chi connectivity index (χ0) is 18.3. The van der Waals surface area contributed by atoms with Crippen molar-refractivity contribution in [1.82, 2.24) is 19.6 Å². The first-order valence-electron chi connectivity index (χ1n) is 8.68. The van der Waals surface area contributed by atoms with Gasteiger partial charge in [-0.05, 0) is 37.1 Å². The van der Waals surface area contributed by atoms with Gasteiger partial charge in [0.15, 0.2) is 5.82 Å². The fraction of sp³-hybridized carbons (Fsp3) is 0.389. The van der Waals surface area contributed by atoms with E-state index < -0.39 is 5.82 Å². The molecule has 0 aliphatic carbocycles. The zero-order valence-corrected chi connectivity index (χ0v) is 14.5. The molecule has 1 aromatic heterocycles. The average Bonchev–Trinajstić information content (AvgIpc) is 3.21. The number of anilines is 1. The molecule has 8 heteroatoms. The Bertz CT molecular complexity index is 865. The van der Waals surface area contributed by atoms with Gasteiger partial charge in [0.25, 0.3) is 0 Å². The number of halogens is 1. The van der Waals surface area contributed by atoms with E-state index in [1.165, 1.54) is 10.7 Å². The Morgan fingerprint density at radius 1 is 1.35 bits per heavy atom. The van der Waals surface area contributed by atoms with Crippen molar-refractivity contribution in [3.05, 3.63) is 42.0 Å². The van der Waals surface area contributed by atoms with E-state index >= 15 is 0 Å². The molecule has 4 rings (SSSR count). The molecule has 2 aliphatic heterocycles. The maximum absolute atomic E-state index is 14.4. The van der Waals surface area contributed by atoms with E-state index in [-0.39, 0.29) is 18.0 Å². The Morgan fingerprint density at radius 2 is 2.19 bits per heavy atom. The molecule has 7 nitrogen and oxygen atoms in total. The predicted octanol–water partition coefficient (Wildman–Crippen LogP) is 2.16. The highest BCUT2D eigenvalue weighted by Crippen LogP contribution is 2.24. The highest BCUT2D eigenvalue weighted by Gasteiger charge is 2.36. The molecular weight excluding hydrogens is 337 g/mol. The number of fused-ring (bicyclic) bond motifs is 1. The van der Waals surface area contributed by atoms with Crippen molar-refractivity contribution in [1.29, 1.82) is 0 Å². The van der Waals surface area contributed by atoms with E-state index in [4.69, 9.17) is 0 Å². The molecule has 2 aliphatic rings. The van der Waals surface area contributed by atoms with Crippen LogP contribution in [0.1, 0.15) is 18.4 Å². The lowest BCUT2D eigenvalue weighted by atomic mass is 10.1. The summed E-state index contributed by atoms with van der Waals surface area (Å²) in [5.41, 5.74) is 1.66. The van der Waals surface area contributed by atoms with Gasteiger partial charge in [-0.3, -0.25) is 4.79 Å². The highest BCUT2D eigenvalue weighted by atomic mass is 19.1. The lowest BCUT2D eigenvalue weighted by molar-refractivity contribution is -0.130. The van der Waals surface area contributed by atoms with E-state index in [0.29, 0.717) is 37.4 Å². The van der Waals surface area contributed by atoms with Gasteiger partial charge in [0.1, 0.15) is 5.69 Å². The maximum Gasteiger partial charge on any atom is 0.321 e. The van der Waals surface area contributed by atoms with Gasteiger partial charge >= 0.3 is 6.03 Å². The number of urea groups is 1. The third kappa shape index (κ3) is 3.02. The van der Waals surface area contributed by atoms with Crippen LogP contribution in [-0.4, -0.2) is 57.2 Å². The summed E-state index contributed by atoms with van der Waals surface area (Å²) in [6.45, 7) is 3.45. The van der Waals surface area contributed by atoms with Crippen LogP contribution in [0.25, 0.3) is 5.69 Å². The Balaban J connectivity index is 1.43. The highest BCUT2D eigenvalue weighted by molar-refractivity contribution is 5.90. The van der Waals surface area contributed by atoms with Gasteiger partial charge in [0.05, 0.1) is 6.20 Å². The third-order valence-corrected chi connectivity index (χ3v) is 4.94. The molecule has 3 amide bonds. The van der Waals surface area contributed by atoms with Crippen molar-refractivity contribution in [2.24, 2.45) is 0 Å². The molecule has 0 radical (unpaired) electrons. The Kier molecular flexibility index (Phi) is 4.10. The summed E-state index contributed by atoms with van der Waals surface area (Å²) in [4.78, 5) is 27.7. The standard InChI is InChI=1S/C18H20FN5O2/c1-12-9-20-24(10-12)16-4-2-13(8-15(16)19)21-18(26)22-6-7-23-14(11-22)3-5-17(23)25/h2,4,8-10,14H,3,5-7,11H2,1H3,(H,21,26). The normalized spacial score (nSPS) is 19.6. The molecule has 0 saturated carbocycles. The van der Waals surface area contributed by atoms with Crippen molar-refractivity contribution >= 4 is 17.6 Å². The summed E-state index contributed by atoms with van der Waals surface area (Å²) in [7, 11) is 0. The summed E-state index contributed by atoms with van der Waals surface area (Å²) in [6, 6.07) is 4.36. The van der Waals surface area contributed by atoms with E-state index in [2.05, 4.69) is 10.4 Å². The largest absolute Gasteiger partial charge is 0.336 e. The summed E-state index contributed by atoms with van der Waals surface area (Å²) in [5.74, 6) is -0.293. The van der Waals surface area contributed by atoms with Crippen molar-refractivity contribution in [2.75, 3.05) is 25.0 Å². The van der Waals surface area contributed by atoms with Gasteiger partial charge in [0.2, 0.25) is 5.91 Å². The second kappa shape index (κ2) is 6.44. The van der Waals surface area contributed by atoms with Crippen molar-refractivity contribution in [3.63, 3.8) is 0 Å². The van der Waals surface area contributed by atoms with Crippen LogP contribution in [0.3, 0.4) is 0 Å². The van der Waals surface area contributed by atoms with Gasteiger partial charge in [-0.15, -0.1) is 0 Å². The first kappa shape index (κ1) is 16.6. The van der Waals surface area contributed by atoms with Gasteiger partial charge in [0, 0.05) is 44.0 Å². The number of aryl methyl sites for hydroxylation is 1. The van der Waals surface area contributed by atoms with Crippen molar-refractivity contribution < 1.29 is 14.0 Å². The van der Waals surface area contributed by atoms with E-state index in [1.807, 2.05) is 11.8 Å². The fourth-order valence-corrected chi connectivity index (χ4v) is 3.57. The fourth-order valence-electron chi connectivity index (χ4n) is 3.57. The number of benzene rings is 1. The van der Waals surface area contributed by atoms with Gasteiger partial charge in [-0.25, -0.2) is 13.9 Å². The summed E-state index contributed by atoms with van der Waals surface area (Å²) in [6.07, 6.45) is 4.73. The van der Waals surface area contributed by atoms with Crippen LogP contribution in [0, 0.1) is 12.7 Å². The topological polar surface area (TPSA) is 70.5 Å². The van der Waals surface area contributed by atoms with Gasteiger partial charge in [-0.1, -0.05) is 0 Å². The Morgan fingerprint density at radius 3 is 2.92 bits per heavy atom. The predicted molar refractivity (Wildman–Crippen MR) is 93.6 cm³/mol. The molecule has 2 fully saturated rings. The maximum atomic E-state index is 14.4. The van der Waals surface area contributed by atoms with Crippen LogP contribution in [0.5, 0.6) is 0 Å². The van der Waals surface area contributed by atoms with Crippen LogP contribution in [0.15, 0.2) is 30.6 Å². The number of carbonyl (C=O) groups excluding carboxylic acids is 2. The second-order valence-corrected chi connectivity index (χ2v) is 6.78. The molecule has 2 aromatic rings. The number of hydrogen-bond acceptors (Lipinski definition) is 3. The molecule has 1 aromatic carbocycles. The van der Waals surface area contributed by atoms with Crippen molar-refractivity contribution in [2.45, 2.75) is 25.8 Å². The summed E-state index contributed by atoms with van der Waals surface area (Å²) < 4.78 is 15.9. The molecule has 0 spiro atoms. The summed E-state index contributed by atoms with van der Waals surface area (Å²) in [5, 5.41) is 6.84. The quantitative estimate of drug-likeness (QED) is 0.895. The second-order valence-electron chi connectivity index (χ2n) is 6.78. The summed E-state index contributed by atoms with van der Waals surface area (Å²) >= 11 is 0. The number of piperazine rings is 1. The third-order valence-electron chi connectivity index (χ3n) is 4.94. The van der Waals surface area contributed by atoms with E-state index in [9.17, 15) is 14.0 Å². The molecule has 1 atom stereocenters. The number of aromatic nitrogens is 2. The van der Waals surface area contributed by atoms with Crippen LogP contribution < -0.4 is 5.32 Å². The number of carbonyl (C=O) groups is 2. The minimum atomic E-state index is -0.461. The minimum Gasteiger partial charge on any atom is -0.336 e. The van der Waals surface area contributed by atoms with Gasteiger partial charge in [-0.2, -0.15) is 5.10 Å². The lowest BCUT2D eigenvalue weighted by Crippen LogP contribution is -2.54. The van der Waals surface area contributed by atoms with Crippen LogP contribution in [0.2, 0.25) is 0 Å². The SMILES string of the molecule is Cc1cnn(-c2ccc(NC(=O)N3CCN4C(=O)CCC4C3)cc2F)c1. The number of nitrogens with one attached hydrogen (secondary N) is 1. The molecule has 2 saturated heterocycles. The van der Waals surface area contributed by atoms with E-state index in [1.54, 1.807) is 29.4 Å². The van der Waals surface area contributed by atoms with Crippen molar-refractivity contribution in [3.8, 4) is 5.69 Å². The minimum absolute atomic E-state index is 0.101. The first-order valence-corrected chi connectivity index (χ1v) is 8.68. The molecule has 3 heterocycles. The number of amides is 3.